The number of piperidine rings is 1. The fourth-order valence-electron chi connectivity index (χ4n) is 7.15. The van der Waals surface area contributed by atoms with Crippen LogP contribution in [0.25, 0.3) is 0 Å². The van der Waals surface area contributed by atoms with Gasteiger partial charge in [-0.3, -0.25) is 4.79 Å². The average molecular weight is 431 g/mol. The van der Waals surface area contributed by atoms with Gasteiger partial charge in [-0.25, -0.2) is 0 Å². The molecule has 1 aromatic rings. The molecule has 4 nitrogen and oxygen atoms in total. The summed E-state index contributed by atoms with van der Waals surface area (Å²) >= 11 is 6.38. The van der Waals surface area contributed by atoms with Crippen LogP contribution >= 0.6 is 11.6 Å². The summed E-state index contributed by atoms with van der Waals surface area (Å²) in [5.41, 5.74) is 0.876. The molecule has 1 aromatic carbocycles. The standard InChI is InChI=1S/C25H35ClN2O2/c26-23-2-1-21(30-8-5-17-3-6-27-7-4-17)12-22(23)24(29)28-16-25-13-18-9-19(14-25)11-20(10-18)15-25/h1-2,12,17-20,27H,3-11,13-16H2,(H,28,29). The maximum absolute atomic E-state index is 13.0. The lowest BCUT2D eigenvalue weighted by atomic mass is 9.49. The van der Waals surface area contributed by atoms with Crippen LogP contribution in [0.1, 0.15) is 68.1 Å². The van der Waals surface area contributed by atoms with E-state index in [9.17, 15) is 4.79 Å². The number of carbonyl (C=O) groups excluding carboxylic acids is 1. The zero-order chi connectivity index (χ0) is 20.6. The topological polar surface area (TPSA) is 50.4 Å². The number of rotatable bonds is 7. The Morgan fingerprint density at radius 1 is 1.10 bits per heavy atom. The van der Waals surface area contributed by atoms with Gasteiger partial charge in [0.2, 0.25) is 0 Å². The minimum absolute atomic E-state index is 0.0560. The number of hydrogen-bond acceptors (Lipinski definition) is 3. The molecular weight excluding hydrogens is 396 g/mol. The van der Waals surface area contributed by atoms with Crippen LogP contribution in [0.3, 0.4) is 0 Å². The van der Waals surface area contributed by atoms with Crippen LogP contribution in [-0.2, 0) is 0 Å². The average Bonchev–Trinajstić information content (AvgIpc) is 2.73. The summed E-state index contributed by atoms with van der Waals surface area (Å²) < 4.78 is 5.97. The predicted molar refractivity (Wildman–Crippen MR) is 120 cm³/mol. The molecule has 0 spiro atoms. The summed E-state index contributed by atoms with van der Waals surface area (Å²) in [6.45, 7) is 3.71. The van der Waals surface area contributed by atoms with E-state index >= 15 is 0 Å². The van der Waals surface area contributed by atoms with Crippen molar-refractivity contribution < 1.29 is 9.53 Å². The van der Waals surface area contributed by atoms with E-state index in [2.05, 4.69) is 10.6 Å². The lowest BCUT2D eigenvalue weighted by Crippen LogP contribution is -2.51. The van der Waals surface area contributed by atoms with Crippen LogP contribution in [0.4, 0.5) is 0 Å². The third kappa shape index (κ3) is 4.50. The van der Waals surface area contributed by atoms with Crippen molar-refractivity contribution in [1.82, 2.24) is 10.6 Å². The fourth-order valence-corrected chi connectivity index (χ4v) is 7.35. The zero-order valence-electron chi connectivity index (χ0n) is 17.9. The van der Waals surface area contributed by atoms with Gasteiger partial charge in [0.25, 0.3) is 5.91 Å². The molecule has 0 unspecified atom stereocenters. The molecule has 6 rings (SSSR count). The summed E-state index contributed by atoms with van der Waals surface area (Å²) in [4.78, 5) is 13.0. The van der Waals surface area contributed by atoms with Crippen molar-refractivity contribution >= 4 is 17.5 Å². The monoisotopic (exact) mass is 430 g/mol. The van der Waals surface area contributed by atoms with Crippen molar-refractivity contribution in [1.29, 1.82) is 0 Å². The summed E-state index contributed by atoms with van der Waals surface area (Å²) in [5.74, 6) is 4.12. The first-order chi connectivity index (χ1) is 14.6. The van der Waals surface area contributed by atoms with Gasteiger partial charge in [0.05, 0.1) is 17.2 Å². The third-order valence-electron chi connectivity index (χ3n) is 8.23. The number of hydrogen-bond donors (Lipinski definition) is 2. The molecule has 5 fully saturated rings. The van der Waals surface area contributed by atoms with Crippen molar-refractivity contribution in [3.05, 3.63) is 28.8 Å². The van der Waals surface area contributed by atoms with Crippen molar-refractivity contribution in [2.24, 2.45) is 29.1 Å². The molecule has 164 valence electrons. The van der Waals surface area contributed by atoms with Gasteiger partial charge in [-0.15, -0.1) is 0 Å². The molecule has 1 saturated heterocycles. The number of ether oxygens (including phenoxy) is 1. The van der Waals surface area contributed by atoms with E-state index in [1.165, 1.54) is 51.4 Å². The van der Waals surface area contributed by atoms with Gasteiger partial charge < -0.3 is 15.4 Å². The van der Waals surface area contributed by atoms with Crippen LogP contribution in [0.2, 0.25) is 5.02 Å². The van der Waals surface area contributed by atoms with E-state index in [4.69, 9.17) is 16.3 Å². The second-order valence-corrected chi connectivity index (χ2v) is 11.0. The van der Waals surface area contributed by atoms with Gasteiger partial charge >= 0.3 is 0 Å². The van der Waals surface area contributed by atoms with Crippen molar-refractivity contribution in [2.75, 3.05) is 26.2 Å². The van der Waals surface area contributed by atoms with E-state index in [1.807, 2.05) is 12.1 Å². The molecule has 4 aliphatic carbocycles. The smallest absolute Gasteiger partial charge is 0.252 e. The molecule has 0 atom stereocenters. The molecule has 2 N–H and O–H groups in total. The Kier molecular flexibility index (Phi) is 5.99. The van der Waals surface area contributed by atoms with Gasteiger partial charge in [0.15, 0.2) is 0 Å². The first-order valence-electron chi connectivity index (χ1n) is 12.0. The maximum atomic E-state index is 13.0. The Labute approximate surface area is 185 Å². The highest BCUT2D eigenvalue weighted by Gasteiger charge is 2.50. The van der Waals surface area contributed by atoms with Crippen molar-refractivity contribution in [3.63, 3.8) is 0 Å². The molecule has 1 amide bonds. The Hall–Kier alpha value is -1.26. The van der Waals surface area contributed by atoms with Crippen LogP contribution in [0.15, 0.2) is 18.2 Å². The van der Waals surface area contributed by atoms with Gasteiger partial charge in [-0.2, -0.15) is 0 Å². The van der Waals surface area contributed by atoms with Gasteiger partial charge in [-0.1, -0.05) is 11.6 Å². The molecule has 0 radical (unpaired) electrons. The third-order valence-corrected chi connectivity index (χ3v) is 8.55. The van der Waals surface area contributed by atoms with Crippen molar-refractivity contribution in [3.8, 4) is 5.75 Å². The Bertz CT molecular complexity index is 739. The molecule has 5 heteroatoms. The lowest BCUT2D eigenvalue weighted by Gasteiger charge is -2.56. The highest BCUT2D eigenvalue weighted by atomic mass is 35.5. The second kappa shape index (κ2) is 8.70. The van der Waals surface area contributed by atoms with Crippen LogP contribution in [-0.4, -0.2) is 32.1 Å². The molecule has 4 bridgehead atoms. The quantitative estimate of drug-likeness (QED) is 0.636. The Balaban J connectivity index is 1.16. The molecule has 1 heterocycles. The molecular formula is C25H35ClN2O2. The van der Waals surface area contributed by atoms with E-state index in [-0.39, 0.29) is 5.91 Å². The normalized spacial score (nSPS) is 32.9. The number of carbonyl (C=O) groups is 1. The summed E-state index contributed by atoms with van der Waals surface area (Å²) in [5, 5.41) is 7.15. The van der Waals surface area contributed by atoms with Crippen LogP contribution in [0, 0.1) is 29.1 Å². The number of benzene rings is 1. The predicted octanol–water partition coefficient (Wildman–Crippen LogP) is 5.05. The van der Waals surface area contributed by atoms with Crippen LogP contribution in [0.5, 0.6) is 5.75 Å². The van der Waals surface area contributed by atoms with Gasteiger partial charge in [0.1, 0.15) is 5.75 Å². The Morgan fingerprint density at radius 2 is 1.77 bits per heavy atom. The van der Waals surface area contributed by atoms with Crippen LogP contribution < -0.4 is 15.4 Å². The van der Waals surface area contributed by atoms with Gasteiger partial charge in [0, 0.05) is 6.54 Å². The highest BCUT2D eigenvalue weighted by molar-refractivity contribution is 6.33. The fraction of sp³-hybridized carbons (Fsp3) is 0.720. The minimum Gasteiger partial charge on any atom is -0.494 e. The highest BCUT2D eigenvalue weighted by Crippen LogP contribution is 2.59. The minimum atomic E-state index is -0.0560. The van der Waals surface area contributed by atoms with E-state index < -0.39 is 0 Å². The number of amides is 1. The Morgan fingerprint density at radius 3 is 2.43 bits per heavy atom. The number of nitrogens with one attached hydrogen (secondary N) is 2. The molecule has 30 heavy (non-hydrogen) atoms. The van der Waals surface area contributed by atoms with E-state index in [0.717, 1.165) is 55.5 Å². The maximum Gasteiger partial charge on any atom is 0.252 e. The first kappa shape index (κ1) is 20.6. The van der Waals surface area contributed by atoms with E-state index in [0.29, 0.717) is 22.6 Å². The summed E-state index contributed by atoms with van der Waals surface area (Å²) in [7, 11) is 0. The number of halogens is 1. The van der Waals surface area contributed by atoms with Gasteiger partial charge in [-0.05, 0) is 118 Å². The molecule has 4 saturated carbocycles. The zero-order valence-corrected chi connectivity index (χ0v) is 18.7. The van der Waals surface area contributed by atoms with E-state index in [1.54, 1.807) is 6.07 Å². The van der Waals surface area contributed by atoms with Crippen molar-refractivity contribution in [2.45, 2.75) is 57.8 Å². The molecule has 5 aliphatic rings. The lowest BCUT2D eigenvalue weighted by molar-refractivity contribution is -0.0503. The summed E-state index contributed by atoms with van der Waals surface area (Å²) in [6.07, 6.45) is 11.7. The second-order valence-electron chi connectivity index (χ2n) is 10.6. The molecule has 1 aliphatic heterocycles. The summed E-state index contributed by atoms with van der Waals surface area (Å²) in [6, 6.07) is 5.49. The first-order valence-corrected chi connectivity index (χ1v) is 12.4. The SMILES string of the molecule is O=C(NCC12CC3CC(CC(C3)C1)C2)c1cc(OCCC2CCNCC2)ccc1Cl. The largest absolute Gasteiger partial charge is 0.494 e. The molecule has 0 aromatic heterocycles.